The molecule has 7 nitrogen and oxygen atoms in total. The van der Waals surface area contributed by atoms with Gasteiger partial charge in [0.2, 0.25) is 11.8 Å². The lowest BCUT2D eigenvalue weighted by molar-refractivity contribution is -0.153. The van der Waals surface area contributed by atoms with Crippen LogP contribution in [0.5, 0.6) is 0 Å². The Kier molecular flexibility index (Phi) is 3.60. The third kappa shape index (κ3) is 2.36. The molecule has 1 saturated heterocycles. The number of carbonyl (C=O) groups is 4. The van der Waals surface area contributed by atoms with Gasteiger partial charge in [0.25, 0.3) is 0 Å². The molecule has 0 bridgehead atoms. The maximum absolute atomic E-state index is 11.4. The Balaban J connectivity index is 2.78. The lowest BCUT2D eigenvalue weighted by atomic mass is 10.2. The van der Waals surface area contributed by atoms with Crippen LogP contribution in [0.15, 0.2) is 0 Å². The molecule has 16 heavy (non-hydrogen) atoms. The predicted octanol–water partition coefficient (Wildman–Crippen LogP) is -0.594. The number of hydrogen-bond acceptors (Lipinski definition) is 5. The van der Waals surface area contributed by atoms with E-state index < -0.39 is 36.3 Å². The summed E-state index contributed by atoms with van der Waals surface area (Å²) in [6, 6.07) is -1.91. The van der Waals surface area contributed by atoms with Crippen LogP contribution in [0.2, 0.25) is 0 Å². The van der Waals surface area contributed by atoms with Crippen molar-refractivity contribution in [1.82, 2.24) is 10.2 Å². The standard InChI is InChI=1S/C9H12N2O5/c1-3-16-8(14)5(2)11-7(13)4-6(12)10-9(11)15/h5H,3-4H2,1-2H3,(H,10,12,15). The largest absolute Gasteiger partial charge is 0.464 e. The summed E-state index contributed by atoms with van der Waals surface area (Å²) in [5, 5.41) is 1.96. The molecule has 1 rings (SSSR count). The Morgan fingerprint density at radius 3 is 2.62 bits per heavy atom. The molecule has 1 aliphatic rings. The molecule has 0 aromatic rings. The SMILES string of the molecule is CCOC(=O)C(C)N1C(=O)CC(=O)NC1=O. The Bertz CT molecular complexity index is 332. The number of esters is 1. The van der Waals surface area contributed by atoms with E-state index in [1.54, 1.807) is 6.92 Å². The van der Waals surface area contributed by atoms with Crippen molar-refractivity contribution in [3.8, 4) is 0 Å². The van der Waals surface area contributed by atoms with Gasteiger partial charge in [0.1, 0.15) is 12.5 Å². The number of imide groups is 2. The van der Waals surface area contributed by atoms with Crippen molar-refractivity contribution in [3.63, 3.8) is 0 Å². The first-order valence-corrected chi connectivity index (χ1v) is 4.79. The van der Waals surface area contributed by atoms with Crippen molar-refractivity contribution in [1.29, 1.82) is 0 Å². The van der Waals surface area contributed by atoms with E-state index in [2.05, 4.69) is 4.74 Å². The van der Waals surface area contributed by atoms with Gasteiger partial charge in [-0.25, -0.2) is 14.5 Å². The molecular weight excluding hydrogens is 216 g/mol. The van der Waals surface area contributed by atoms with E-state index in [4.69, 9.17) is 0 Å². The molecule has 88 valence electrons. The Labute approximate surface area is 91.7 Å². The lowest BCUT2D eigenvalue weighted by Gasteiger charge is -2.28. The van der Waals surface area contributed by atoms with E-state index in [0.29, 0.717) is 4.90 Å². The van der Waals surface area contributed by atoms with Gasteiger partial charge in [-0.1, -0.05) is 0 Å². The summed E-state index contributed by atoms with van der Waals surface area (Å²) in [5.74, 6) is -2.04. The zero-order valence-corrected chi connectivity index (χ0v) is 8.98. The van der Waals surface area contributed by atoms with Crippen molar-refractivity contribution in [3.05, 3.63) is 0 Å². The molecule has 1 unspecified atom stereocenters. The number of ether oxygens (including phenoxy) is 1. The highest BCUT2D eigenvalue weighted by Gasteiger charge is 2.37. The number of rotatable bonds is 3. The van der Waals surface area contributed by atoms with Gasteiger partial charge in [0.05, 0.1) is 6.61 Å². The summed E-state index contributed by atoms with van der Waals surface area (Å²) >= 11 is 0. The number of barbiturate groups is 1. The minimum absolute atomic E-state index is 0.158. The minimum atomic E-state index is -1.03. The zero-order chi connectivity index (χ0) is 12.3. The highest BCUT2D eigenvalue weighted by atomic mass is 16.5. The Morgan fingerprint density at radius 1 is 1.50 bits per heavy atom. The minimum Gasteiger partial charge on any atom is -0.464 e. The van der Waals surface area contributed by atoms with E-state index >= 15 is 0 Å². The highest BCUT2D eigenvalue weighted by Crippen LogP contribution is 2.09. The average molecular weight is 228 g/mol. The summed E-state index contributed by atoms with van der Waals surface area (Å²) in [7, 11) is 0. The van der Waals surface area contributed by atoms with Crippen LogP contribution in [0.3, 0.4) is 0 Å². The fourth-order valence-corrected chi connectivity index (χ4v) is 1.32. The van der Waals surface area contributed by atoms with E-state index in [1.807, 2.05) is 5.32 Å². The maximum atomic E-state index is 11.4. The van der Waals surface area contributed by atoms with Gasteiger partial charge in [0.15, 0.2) is 0 Å². The summed E-state index contributed by atoms with van der Waals surface area (Å²) in [5.41, 5.74) is 0. The molecular formula is C9H12N2O5. The molecule has 0 aromatic heterocycles. The number of hydrogen-bond donors (Lipinski definition) is 1. The lowest BCUT2D eigenvalue weighted by Crippen LogP contribution is -2.57. The van der Waals surface area contributed by atoms with Gasteiger partial charge in [-0.3, -0.25) is 14.9 Å². The van der Waals surface area contributed by atoms with Gasteiger partial charge < -0.3 is 4.74 Å². The van der Waals surface area contributed by atoms with Gasteiger partial charge in [-0.15, -0.1) is 0 Å². The van der Waals surface area contributed by atoms with Gasteiger partial charge in [0, 0.05) is 0 Å². The van der Waals surface area contributed by atoms with Gasteiger partial charge >= 0.3 is 12.0 Å². The molecule has 1 fully saturated rings. The van der Waals surface area contributed by atoms with Crippen LogP contribution in [-0.4, -0.2) is 41.4 Å². The summed E-state index contributed by atoms with van der Waals surface area (Å²) in [4.78, 5) is 45.6. The molecule has 0 saturated carbocycles. The summed E-state index contributed by atoms with van der Waals surface area (Å²) < 4.78 is 4.68. The molecule has 0 spiro atoms. The van der Waals surface area contributed by atoms with E-state index in [-0.39, 0.29) is 6.61 Å². The zero-order valence-electron chi connectivity index (χ0n) is 8.98. The average Bonchev–Trinajstić information content (AvgIpc) is 2.16. The van der Waals surface area contributed by atoms with E-state index in [0.717, 1.165) is 0 Å². The number of urea groups is 1. The van der Waals surface area contributed by atoms with E-state index in [9.17, 15) is 19.2 Å². The Hall–Kier alpha value is -1.92. The Morgan fingerprint density at radius 2 is 2.12 bits per heavy atom. The molecule has 7 heteroatoms. The fourth-order valence-electron chi connectivity index (χ4n) is 1.32. The molecule has 1 N–H and O–H groups in total. The summed E-state index contributed by atoms with van der Waals surface area (Å²) in [6.45, 7) is 3.14. The van der Waals surface area contributed by atoms with Crippen LogP contribution < -0.4 is 5.32 Å². The van der Waals surface area contributed by atoms with E-state index in [1.165, 1.54) is 6.92 Å². The third-order valence-electron chi connectivity index (χ3n) is 2.06. The quantitative estimate of drug-likeness (QED) is 0.514. The van der Waals surface area contributed by atoms with Crippen molar-refractivity contribution >= 4 is 23.8 Å². The molecule has 1 heterocycles. The first kappa shape index (κ1) is 12.2. The van der Waals surface area contributed by atoms with Crippen molar-refractivity contribution in [2.45, 2.75) is 26.3 Å². The summed E-state index contributed by atoms with van der Waals surface area (Å²) in [6.07, 6.45) is -0.435. The van der Waals surface area contributed by atoms with Crippen LogP contribution in [0.1, 0.15) is 20.3 Å². The van der Waals surface area contributed by atoms with Crippen molar-refractivity contribution < 1.29 is 23.9 Å². The number of nitrogens with one attached hydrogen (secondary N) is 1. The molecule has 0 aromatic carbocycles. The second-order valence-electron chi connectivity index (χ2n) is 3.22. The molecule has 1 atom stereocenters. The monoisotopic (exact) mass is 228 g/mol. The third-order valence-corrected chi connectivity index (χ3v) is 2.06. The van der Waals surface area contributed by atoms with Crippen molar-refractivity contribution in [2.75, 3.05) is 6.61 Å². The molecule has 0 radical (unpaired) electrons. The normalized spacial score (nSPS) is 18.1. The first-order chi connectivity index (χ1) is 7.47. The smallest absolute Gasteiger partial charge is 0.331 e. The highest BCUT2D eigenvalue weighted by molar-refractivity contribution is 6.15. The van der Waals surface area contributed by atoms with Crippen LogP contribution in [0.25, 0.3) is 0 Å². The van der Waals surface area contributed by atoms with Crippen molar-refractivity contribution in [2.24, 2.45) is 0 Å². The second kappa shape index (κ2) is 4.73. The number of nitrogens with zero attached hydrogens (tertiary/aromatic N) is 1. The van der Waals surface area contributed by atoms with Gasteiger partial charge in [-0.05, 0) is 13.8 Å². The molecule has 1 aliphatic heterocycles. The van der Waals surface area contributed by atoms with Crippen LogP contribution in [0.4, 0.5) is 4.79 Å². The molecule has 4 amide bonds. The second-order valence-corrected chi connectivity index (χ2v) is 3.22. The van der Waals surface area contributed by atoms with Crippen LogP contribution in [-0.2, 0) is 19.1 Å². The topological polar surface area (TPSA) is 92.8 Å². The van der Waals surface area contributed by atoms with Crippen LogP contribution >= 0.6 is 0 Å². The number of carbonyl (C=O) groups excluding carboxylic acids is 4. The van der Waals surface area contributed by atoms with Gasteiger partial charge in [-0.2, -0.15) is 0 Å². The number of amides is 4. The predicted molar refractivity (Wildman–Crippen MR) is 51.1 cm³/mol. The molecule has 0 aliphatic carbocycles. The first-order valence-electron chi connectivity index (χ1n) is 4.79. The van der Waals surface area contributed by atoms with Crippen LogP contribution in [0, 0.1) is 0 Å². The maximum Gasteiger partial charge on any atom is 0.331 e. The fraction of sp³-hybridized carbons (Fsp3) is 0.556.